The third kappa shape index (κ3) is 2.95. The number of hydrogen-bond donors (Lipinski definition) is 0. The van der Waals surface area contributed by atoms with Gasteiger partial charge in [-0.1, -0.05) is 48.5 Å². The molecule has 0 aliphatic carbocycles. The van der Waals surface area contributed by atoms with Crippen molar-refractivity contribution in [2.45, 2.75) is 0 Å². The number of hydrogen-bond acceptors (Lipinski definition) is 3. The molecule has 0 spiro atoms. The van der Waals surface area contributed by atoms with Crippen LogP contribution in [0.5, 0.6) is 0 Å². The molecule has 3 rings (SSSR count). The van der Waals surface area contributed by atoms with Gasteiger partial charge in [0, 0.05) is 16.5 Å². The molecule has 0 bridgehead atoms. The van der Waals surface area contributed by atoms with Crippen LogP contribution in [0.2, 0.25) is 0 Å². The molecule has 0 unspecified atom stereocenters. The van der Waals surface area contributed by atoms with Crippen LogP contribution in [0.15, 0.2) is 60.0 Å². The predicted molar refractivity (Wildman–Crippen MR) is 87.4 cm³/mol. The third-order valence-corrected chi connectivity index (χ3v) is 4.01. The second-order valence-corrected chi connectivity index (χ2v) is 5.45. The number of thiazole rings is 1. The molecule has 0 radical (unpaired) electrons. The van der Waals surface area contributed by atoms with Crippen molar-refractivity contribution in [3.05, 3.63) is 76.4 Å². The summed E-state index contributed by atoms with van der Waals surface area (Å²) < 4.78 is 13.7. The van der Waals surface area contributed by atoms with Gasteiger partial charge in [-0.25, -0.2) is 9.37 Å². The quantitative estimate of drug-likeness (QED) is 0.637. The Kier molecular flexibility index (Phi) is 4.08. The van der Waals surface area contributed by atoms with Gasteiger partial charge in [0.1, 0.15) is 16.9 Å². The highest BCUT2D eigenvalue weighted by Gasteiger charge is 2.09. The molecule has 0 fully saturated rings. The molecule has 0 N–H and O–H groups in total. The highest BCUT2D eigenvalue weighted by atomic mass is 32.1. The minimum atomic E-state index is -0.352. The number of rotatable bonds is 3. The Balaban J connectivity index is 1.98. The summed E-state index contributed by atoms with van der Waals surface area (Å²) in [5.74, 6) is -0.352. The third-order valence-electron chi connectivity index (χ3n) is 3.13. The van der Waals surface area contributed by atoms with Crippen molar-refractivity contribution in [2.24, 2.45) is 0 Å². The molecule has 0 atom stereocenters. The lowest BCUT2D eigenvalue weighted by Crippen LogP contribution is -1.85. The summed E-state index contributed by atoms with van der Waals surface area (Å²) >= 11 is 1.38. The highest BCUT2D eigenvalue weighted by Crippen LogP contribution is 2.27. The van der Waals surface area contributed by atoms with Gasteiger partial charge in [0.25, 0.3) is 0 Å². The van der Waals surface area contributed by atoms with Crippen LogP contribution in [0.3, 0.4) is 0 Å². The van der Waals surface area contributed by atoms with Gasteiger partial charge >= 0.3 is 0 Å². The number of nitriles is 1. The number of halogens is 1. The van der Waals surface area contributed by atoms with Crippen molar-refractivity contribution < 1.29 is 4.39 Å². The van der Waals surface area contributed by atoms with E-state index in [0.717, 1.165) is 11.3 Å². The number of nitrogens with zero attached hydrogens (tertiary/aromatic N) is 2. The molecule has 0 saturated carbocycles. The van der Waals surface area contributed by atoms with E-state index in [4.69, 9.17) is 0 Å². The minimum absolute atomic E-state index is 0.352. The highest BCUT2D eigenvalue weighted by molar-refractivity contribution is 7.11. The summed E-state index contributed by atoms with van der Waals surface area (Å²) in [4.78, 5) is 4.48. The zero-order chi connectivity index (χ0) is 15.4. The lowest BCUT2D eigenvalue weighted by Gasteiger charge is -1.97. The van der Waals surface area contributed by atoms with Crippen molar-refractivity contribution in [1.82, 2.24) is 4.98 Å². The summed E-state index contributed by atoms with van der Waals surface area (Å²) in [7, 11) is 0. The van der Waals surface area contributed by atoms with E-state index >= 15 is 0 Å². The molecule has 0 aliphatic rings. The van der Waals surface area contributed by atoms with E-state index in [2.05, 4.69) is 11.1 Å². The van der Waals surface area contributed by atoms with Crippen LogP contribution in [0, 0.1) is 17.1 Å². The lowest BCUT2D eigenvalue weighted by molar-refractivity contribution is 0.625. The van der Waals surface area contributed by atoms with Crippen LogP contribution in [0.4, 0.5) is 4.39 Å². The first-order chi connectivity index (χ1) is 10.8. The first-order valence-corrected chi connectivity index (χ1v) is 7.53. The predicted octanol–water partition coefficient (Wildman–Crippen LogP) is 5.01. The molecule has 2 nitrogen and oxygen atoms in total. The van der Waals surface area contributed by atoms with Gasteiger partial charge in [-0.05, 0) is 12.1 Å². The standard InChI is InChI=1S/C18H11FN2S/c19-16-9-5-4-8-14(16)10-15(11-20)18-21-17(12-22-18)13-6-2-1-3-7-13/h1-10,12H/b15-10+. The fraction of sp³-hybridized carbons (Fsp3) is 0. The van der Waals surface area contributed by atoms with Crippen LogP contribution in [-0.2, 0) is 0 Å². The first kappa shape index (κ1) is 14.2. The molecular formula is C18H11FN2S. The first-order valence-electron chi connectivity index (χ1n) is 6.65. The molecular weight excluding hydrogens is 295 g/mol. The van der Waals surface area contributed by atoms with Gasteiger partial charge in [0.15, 0.2) is 0 Å². The molecule has 3 aromatic rings. The van der Waals surface area contributed by atoms with E-state index in [0.29, 0.717) is 16.1 Å². The van der Waals surface area contributed by atoms with Crippen molar-refractivity contribution in [1.29, 1.82) is 5.26 Å². The molecule has 0 aliphatic heterocycles. The SMILES string of the molecule is N#C/C(=C\c1ccccc1F)c1nc(-c2ccccc2)cs1. The Bertz CT molecular complexity index is 860. The molecule has 2 aromatic carbocycles. The fourth-order valence-corrected chi connectivity index (χ4v) is 2.82. The average Bonchev–Trinajstić information content (AvgIpc) is 3.05. The topological polar surface area (TPSA) is 36.7 Å². The largest absolute Gasteiger partial charge is 0.235 e. The average molecular weight is 306 g/mol. The van der Waals surface area contributed by atoms with E-state index in [9.17, 15) is 9.65 Å². The molecule has 106 valence electrons. The van der Waals surface area contributed by atoms with Crippen LogP contribution in [0.1, 0.15) is 10.6 Å². The molecule has 0 amide bonds. The maximum Gasteiger partial charge on any atom is 0.134 e. The lowest BCUT2D eigenvalue weighted by atomic mass is 10.1. The smallest absolute Gasteiger partial charge is 0.134 e. The molecule has 22 heavy (non-hydrogen) atoms. The van der Waals surface area contributed by atoms with Crippen molar-refractivity contribution >= 4 is 23.0 Å². The van der Waals surface area contributed by atoms with Gasteiger partial charge in [0.2, 0.25) is 0 Å². The molecule has 4 heteroatoms. The van der Waals surface area contributed by atoms with Crippen LogP contribution in [-0.4, -0.2) is 4.98 Å². The maximum atomic E-state index is 13.7. The van der Waals surface area contributed by atoms with Gasteiger partial charge in [0.05, 0.1) is 11.3 Å². The van der Waals surface area contributed by atoms with Crippen LogP contribution in [0.25, 0.3) is 22.9 Å². The van der Waals surface area contributed by atoms with E-state index < -0.39 is 0 Å². The Hall–Kier alpha value is -2.77. The Morgan fingerprint density at radius 2 is 1.82 bits per heavy atom. The van der Waals surface area contributed by atoms with E-state index in [1.54, 1.807) is 18.2 Å². The summed E-state index contributed by atoms with van der Waals surface area (Å²) in [6.07, 6.45) is 1.53. The van der Waals surface area contributed by atoms with Crippen molar-refractivity contribution in [3.8, 4) is 17.3 Å². The monoisotopic (exact) mass is 306 g/mol. The van der Waals surface area contributed by atoms with Gasteiger partial charge in [-0.15, -0.1) is 11.3 Å². The second kappa shape index (κ2) is 6.33. The Morgan fingerprint density at radius 1 is 1.09 bits per heavy atom. The van der Waals surface area contributed by atoms with Gasteiger partial charge in [-0.2, -0.15) is 5.26 Å². The summed E-state index contributed by atoms with van der Waals surface area (Å²) in [6, 6.07) is 18.2. The van der Waals surface area contributed by atoms with Crippen LogP contribution >= 0.6 is 11.3 Å². The molecule has 1 heterocycles. The van der Waals surface area contributed by atoms with Gasteiger partial charge < -0.3 is 0 Å². The van der Waals surface area contributed by atoms with E-state index in [-0.39, 0.29) is 5.82 Å². The summed E-state index contributed by atoms with van der Waals surface area (Å²) in [5.41, 5.74) is 2.55. The Labute approximate surface area is 131 Å². The van der Waals surface area contributed by atoms with Gasteiger partial charge in [-0.3, -0.25) is 0 Å². The maximum absolute atomic E-state index is 13.7. The summed E-state index contributed by atoms with van der Waals surface area (Å²) in [6.45, 7) is 0. The van der Waals surface area contributed by atoms with Crippen LogP contribution < -0.4 is 0 Å². The number of aromatic nitrogens is 1. The minimum Gasteiger partial charge on any atom is -0.235 e. The zero-order valence-corrected chi connectivity index (χ0v) is 12.3. The Morgan fingerprint density at radius 3 is 2.55 bits per heavy atom. The second-order valence-electron chi connectivity index (χ2n) is 4.60. The van der Waals surface area contributed by atoms with E-state index in [1.165, 1.54) is 23.5 Å². The summed E-state index contributed by atoms with van der Waals surface area (Å²) in [5, 5.41) is 11.8. The number of benzene rings is 2. The van der Waals surface area contributed by atoms with E-state index in [1.807, 2.05) is 35.7 Å². The van der Waals surface area contributed by atoms with Crippen molar-refractivity contribution in [2.75, 3.05) is 0 Å². The molecule has 0 saturated heterocycles. The normalized spacial score (nSPS) is 11.2. The molecule has 1 aromatic heterocycles. The fourth-order valence-electron chi connectivity index (χ4n) is 2.03. The zero-order valence-electron chi connectivity index (χ0n) is 11.5. The number of allylic oxidation sites excluding steroid dienone is 1. The van der Waals surface area contributed by atoms with Crippen molar-refractivity contribution in [3.63, 3.8) is 0 Å².